The summed E-state index contributed by atoms with van der Waals surface area (Å²) < 4.78 is 53.5. The Balaban J connectivity index is 0.00000129. The van der Waals surface area contributed by atoms with Crippen molar-refractivity contribution in [3.05, 3.63) is 71.7 Å². The molecule has 0 saturated carbocycles. The predicted molar refractivity (Wildman–Crippen MR) is 109 cm³/mol. The van der Waals surface area contributed by atoms with E-state index >= 15 is 0 Å². The molecule has 30 heavy (non-hydrogen) atoms. The van der Waals surface area contributed by atoms with Gasteiger partial charge in [-0.05, 0) is 54.4 Å². The van der Waals surface area contributed by atoms with Gasteiger partial charge in [0.05, 0.1) is 11.4 Å². The van der Waals surface area contributed by atoms with Crippen molar-refractivity contribution < 1.29 is 27.2 Å². The maximum atomic E-state index is 13.1. The Labute approximate surface area is 173 Å². The number of aryl methyl sites for hydroxylation is 1. The molecule has 0 bridgehead atoms. The number of benzene rings is 2. The third kappa shape index (κ3) is 6.95. The second-order valence-corrected chi connectivity index (χ2v) is 5.35. The number of hydrogen-bond acceptors (Lipinski definition) is 3. The summed E-state index contributed by atoms with van der Waals surface area (Å²) in [5.74, 6) is -0.451. The van der Waals surface area contributed by atoms with E-state index in [9.17, 15) is 17.6 Å². The third-order valence-electron chi connectivity index (χ3n) is 3.73. The summed E-state index contributed by atoms with van der Waals surface area (Å²) in [6.07, 6.45) is -3.72. The van der Waals surface area contributed by atoms with Gasteiger partial charge in [-0.2, -0.15) is 18.3 Å². The normalized spacial score (nSPS) is 9.83. The highest BCUT2D eigenvalue weighted by molar-refractivity contribution is 5.63. The summed E-state index contributed by atoms with van der Waals surface area (Å²) in [6, 6.07) is 13.4. The number of rotatable bonds is 3. The molecule has 0 aliphatic carbocycles. The lowest BCUT2D eigenvalue weighted by atomic mass is 10.1. The molecule has 0 saturated heterocycles. The van der Waals surface area contributed by atoms with Gasteiger partial charge in [0.25, 0.3) is 0 Å². The average Bonchev–Trinajstić information content (AvgIpc) is 3.25. The molecule has 2 aromatic carbocycles. The fraction of sp³-hybridized carbons (Fsp3) is 0.227. The van der Waals surface area contributed by atoms with Crippen LogP contribution in [0.3, 0.4) is 0 Å². The SMILES string of the molecule is C=O.C=O.CC.CCc1ccc(-n2nc(C(F)(F)F)cc2-c2ccc(F)cc2)cc1. The minimum atomic E-state index is -4.55. The zero-order valence-electron chi connectivity index (χ0n) is 17.0. The van der Waals surface area contributed by atoms with Gasteiger partial charge in [0.2, 0.25) is 0 Å². The Hall–Kier alpha value is -3.29. The molecule has 0 amide bonds. The van der Waals surface area contributed by atoms with Crippen molar-refractivity contribution in [1.29, 1.82) is 0 Å². The van der Waals surface area contributed by atoms with Crippen LogP contribution in [0.5, 0.6) is 0 Å². The first-order valence-corrected chi connectivity index (χ1v) is 8.98. The molecule has 1 aromatic heterocycles. The van der Waals surface area contributed by atoms with E-state index in [2.05, 4.69) is 5.10 Å². The molecule has 0 aliphatic heterocycles. The Morgan fingerprint density at radius 1 is 0.900 bits per heavy atom. The summed E-state index contributed by atoms with van der Waals surface area (Å²) in [7, 11) is 0. The quantitative estimate of drug-likeness (QED) is 0.491. The van der Waals surface area contributed by atoms with E-state index in [1.165, 1.54) is 28.9 Å². The van der Waals surface area contributed by atoms with Gasteiger partial charge < -0.3 is 9.59 Å². The van der Waals surface area contributed by atoms with Gasteiger partial charge in [-0.3, -0.25) is 0 Å². The summed E-state index contributed by atoms with van der Waals surface area (Å²) in [5.41, 5.74) is 1.32. The molecule has 0 unspecified atom stereocenters. The standard InChI is InChI=1S/C18H14F4N2.C2H6.2CH2O/c1-2-12-3-9-15(10-4-12)24-16(11-17(23-24)18(20,21)22)13-5-7-14(19)8-6-13;3*1-2/h3-11H,2H2,1H3;1-2H3;2*1H2. The molecule has 1 heterocycles. The monoisotopic (exact) mass is 424 g/mol. The van der Waals surface area contributed by atoms with Crippen LogP contribution in [0, 0.1) is 5.82 Å². The molecule has 3 rings (SSSR count). The van der Waals surface area contributed by atoms with Crippen LogP contribution in [0.25, 0.3) is 16.9 Å². The number of nitrogens with zero attached hydrogens (tertiary/aromatic N) is 2. The highest BCUT2D eigenvalue weighted by Gasteiger charge is 2.35. The zero-order valence-corrected chi connectivity index (χ0v) is 17.0. The van der Waals surface area contributed by atoms with Gasteiger partial charge in [-0.1, -0.05) is 32.9 Å². The summed E-state index contributed by atoms with van der Waals surface area (Å²) >= 11 is 0. The first-order chi connectivity index (χ1) is 14.4. The number of carbonyl (C=O) groups is 2. The van der Waals surface area contributed by atoms with E-state index in [1.54, 1.807) is 12.1 Å². The Kier molecular flexibility index (Phi) is 11.6. The topological polar surface area (TPSA) is 52.0 Å². The molecular formula is C22H24F4N2O2. The molecule has 0 atom stereocenters. The Bertz CT molecular complexity index is 872. The van der Waals surface area contributed by atoms with Crippen molar-refractivity contribution >= 4 is 13.6 Å². The molecule has 0 spiro atoms. The number of alkyl halides is 3. The van der Waals surface area contributed by atoms with E-state index in [0.29, 0.717) is 11.3 Å². The Morgan fingerprint density at radius 2 is 1.40 bits per heavy atom. The van der Waals surface area contributed by atoms with Crippen molar-refractivity contribution in [3.8, 4) is 16.9 Å². The van der Waals surface area contributed by atoms with Crippen LogP contribution in [-0.4, -0.2) is 23.4 Å². The predicted octanol–water partition coefficient (Wildman–Crippen LogP) is 5.92. The van der Waals surface area contributed by atoms with Crippen LogP contribution < -0.4 is 0 Å². The van der Waals surface area contributed by atoms with Crippen molar-refractivity contribution in [1.82, 2.24) is 9.78 Å². The van der Waals surface area contributed by atoms with Crippen molar-refractivity contribution in [2.24, 2.45) is 0 Å². The van der Waals surface area contributed by atoms with E-state index in [1.807, 2.05) is 46.5 Å². The van der Waals surface area contributed by atoms with Crippen LogP contribution >= 0.6 is 0 Å². The van der Waals surface area contributed by atoms with Crippen LogP contribution in [0.1, 0.15) is 32.0 Å². The highest BCUT2D eigenvalue weighted by Crippen LogP contribution is 2.33. The first-order valence-electron chi connectivity index (χ1n) is 8.98. The number of carbonyl (C=O) groups excluding carboxylic acids is 2. The van der Waals surface area contributed by atoms with Gasteiger partial charge in [0, 0.05) is 5.56 Å². The number of hydrogen-bond donors (Lipinski definition) is 0. The number of aromatic nitrogens is 2. The van der Waals surface area contributed by atoms with Crippen molar-refractivity contribution in [2.45, 2.75) is 33.4 Å². The van der Waals surface area contributed by atoms with E-state index in [0.717, 1.165) is 18.1 Å². The molecule has 8 heteroatoms. The molecule has 4 nitrogen and oxygen atoms in total. The average molecular weight is 424 g/mol. The maximum absolute atomic E-state index is 13.1. The van der Waals surface area contributed by atoms with E-state index in [4.69, 9.17) is 9.59 Å². The second-order valence-electron chi connectivity index (χ2n) is 5.35. The molecular weight excluding hydrogens is 400 g/mol. The fourth-order valence-corrected chi connectivity index (χ4v) is 2.42. The van der Waals surface area contributed by atoms with Gasteiger partial charge >= 0.3 is 6.18 Å². The zero-order chi connectivity index (χ0) is 23.3. The van der Waals surface area contributed by atoms with Crippen LogP contribution in [-0.2, 0) is 22.2 Å². The molecule has 0 fully saturated rings. The lowest BCUT2D eigenvalue weighted by Gasteiger charge is -2.08. The van der Waals surface area contributed by atoms with Gasteiger partial charge in [-0.15, -0.1) is 0 Å². The molecule has 162 valence electrons. The highest BCUT2D eigenvalue weighted by atomic mass is 19.4. The smallest absolute Gasteiger partial charge is 0.307 e. The summed E-state index contributed by atoms with van der Waals surface area (Å²) in [6.45, 7) is 9.99. The molecule has 3 aromatic rings. The van der Waals surface area contributed by atoms with Crippen molar-refractivity contribution in [2.75, 3.05) is 0 Å². The second kappa shape index (κ2) is 13.0. The first kappa shape index (κ1) is 26.7. The maximum Gasteiger partial charge on any atom is 0.435 e. The Morgan fingerprint density at radius 3 is 1.83 bits per heavy atom. The van der Waals surface area contributed by atoms with E-state index < -0.39 is 17.7 Å². The number of halogens is 4. The van der Waals surface area contributed by atoms with Gasteiger partial charge in [0.1, 0.15) is 19.4 Å². The molecule has 0 N–H and O–H groups in total. The molecule has 0 radical (unpaired) electrons. The van der Waals surface area contributed by atoms with Crippen LogP contribution in [0.15, 0.2) is 54.6 Å². The third-order valence-corrected chi connectivity index (χ3v) is 3.73. The van der Waals surface area contributed by atoms with Crippen LogP contribution in [0.2, 0.25) is 0 Å². The van der Waals surface area contributed by atoms with Gasteiger partial charge in [0.15, 0.2) is 5.69 Å². The van der Waals surface area contributed by atoms with Crippen LogP contribution in [0.4, 0.5) is 17.6 Å². The van der Waals surface area contributed by atoms with Gasteiger partial charge in [-0.25, -0.2) is 9.07 Å². The fourth-order valence-electron chi connectivity index (χ4n) is 2.42. The lowest BCUT2D eigenvalue weighted by molar-refractivity contribution is -0.141. The summed E-state index contributed by atoms with van der Waals surface area (Å²) in [4.78, 5) is 16.0. The largest absolute Gasteiger partial charge is 0.435 e. The minimum absolute atomic E-state index is 0.256. The summed E-state index contributed by atoms with van der Waals surface area (Å²) in [5, 5.41) is 3.70. The lowest BCUT2D eigenvalue weighted by Crippen LogP contribution is -2.07. The van der Waals surface area contributed by atoms with Crippen molar-refractivity contribution in [3.63, 3.8) is 0 Å². The van der Waals surface area contributed by atoms with E-state index in [-0.39, 0.29) is 5.69 Å². The minimum Gasteiger partial charge on any atom is -0.307 e. The molecule has 0 aliphatic rings.